The number of hydrogen-bond acceptors (Lipinski definition) is 0. The smallest absolute Gasteiger partial charge is 0 e. The molecule has 0 saturated heterocycles. The van der Waals surface area contributed by atoms with Crippen LogP contribution in [0.5, 0.6) is 0 Å². The third kappa shape index (κ3) is 21.2. The van der Waals surface area contributed by atoms with E-state index < -0.39 is 0 Å². The zero-order valence-corrected chi connectivity index (χ0v) is 9.40. The monoisotopic (exact) mass is 329 g/mol. The van der Waals surface area contributed by atoms with Crippen LogP contribution in [0.25, 0.3) is 0 Å². The van der Waals surface area contributed by atoms with E-state index in [4.69, 9.17) is 0 Å². The first-order valence-electron chi connectivity index (χ1n) is 0.667. The van der Waals surface area contributed by atoms with E-state index in [1.54, 1.807) is 0 Å². The molecule has 0 fully saturated rings. The average Bonchev–Trinajstić information content (AvgIpc) is 1.50. The van der Waals surface area contributed by atoms with Crippen LogP contribution >= 0.6 is 35.7 Å². The first kappa shape index (κ1) is 15.7. The summed E-state index contributed by atoms with van der Waals surface area (Å²) in [5.41, 5.74) is 0. The fourth-order valence-electron chi connectivity index (χ4n) is 0. The molecule has 0 aliphatic heterocycles. The normalized spacial score (nSPS) is 2.40. The Bertz CT molecular complexity index is 3.61. The van der Waals surface area contributed by atoms with Crippen LogP contribution in [0, 0.1) is 0 Å². The van der Waals surface area contributed by atoms with Gasteiger partial charge in [-0.25, -0.2) is 0 Å². The summed E-state index contributed by atoms with van der Waals surface area (Å²) >= 11 is 0. The van der Waals surface area contributed by atoms with Gasteiger partial charge in [0.1, 0.15) is 0 Å². The Hall–Kier alpha value is 2.46. The van der Waals surface area contributed by atoms with E-state index in [0.29, 0.717) is 0 Å². The fraction of sp³-hybridized carbons (Fsp3) is 0. The van der Waals surface area contributed by atoms with Crippen molar-refractivity contribution < 1.29 is 22.4 Å². The van der Waals surface area contributed by atoms with Crippen molar-refractivity contribution in [3.05, 3.63) is 0 Å². The molecular weight excluding hydrogens is 321 g/mol. The van der Waals surface area contributed by atoms with Crippen molar-refractivity contribution in [3.63, 3.8) is 0 Å². The van der Waals surface area contributed by atoms with E-state index >= 15 is 0 Å². The van der Waals surface area contributed by atoms with Gasteiger partial charge in [0, 0.05) is 22.4 Å². The molecule has 0 rings (SSSR count). The Kier molecular flexibility index (Phi) is 99.6. The minimum absolute atomic E-state index is 0. The molecule has 4 atom stereocenters. The van der Waals surface area contributed by atoms with Crippen LogP contribution in [0.4, 0.5) is 0 Å². The standard InChI is InChI=1S/Au.2H4P2/c;2*1-2/h;2*1-2H2. The third-order valence-corrected chi connectivity index (χ3v) is 0. The summed E-state index contributed by atoms with van der Waals surface area (Å²) < 4.78 is 0. The van der Waals surface area contributed by atoms with Gasteiger partial charge in [-0.05, 0) is 0 Å². The average molecular weight is 329 g/mol. The molecule has 0 aliphatic rings. The second kappa shape index (κ2) is 31.8. The van der Waals surface area contributed by atoms with Gasteiger partial charge in [-0.1, -0.05) is 0 Å². The molecule has 0 heterocycles. The second-order valence-electron chi connectivity index (χ2n) is 0. The zero-order chi connectivity index (χ0) is 4.00. The van der Waals surface area contributed by atoms with E-state index in [2.05, 4.69) is 35.7 Å². The van der Waals surface area contributed by atoms with Gasteiger partial charge >= 0.3 is 0 Å². The topological polar surface area (TPSA) is 0 Å². The summed E-state index contributed by atoms with van der Waals surface area (Å²) in [7, 11) is 9.33. The summed E-state index contributed by atoms with van der Waals surface area (Å²) in [6, 6.07) is 0. The van der Waals surface area contributed by atoms with Crippen LogP contribution in [0.1, 0.15) is 0 Å². The van der Waals surface area contributed by atoms with Crippen molar-refractivity contribution in [3.8, 4) is 0 Å². The summed E-state index contributed by atoms with van der Waals surface area (Å²) in [6.45, 7) is 0. The van der Waals surface area contributed by atoms with Crippen molar-refractivity contribution in [2.45, 2.75) is 0 Å². The maximum atomic E-state index is 2.33. The van der Waals surface area contributed by atoms with Gasteiger partial charge in [-0.3, -0.25) is 0 Å². The van der Waals surface area contributed by atoms with Gasteiger partial charge in [0.05, 0.1) is 0 Å². The molecule has 0 bridgehead atoms. The molecule has 0 aromatic carbocycles. The molecule has 0 aromatic heterocycles. The fourth-order valence-corrected chi connectivity index (χ4v) is 0. The first-order valence-corrected chi connectivity index (χ1v) is 6.00. The van der Waals surface area contributed by atoms with E-state index in [9.17, 15) is 0 Å². The molecule has 0 nitrogen and oxygen atoms in total. The largest absolute Gasteiger partial charge is 0.118 e. The Labute approximate surface area is 58.1 Å². The SMILES string of the molecule is PP.PP.[Au]. The van der Waals surface area contributed by atoms with Crippen molar-refractivity contribution in [2.75, 3.05) is 0 Å². The van der Waals surface area contributed by atoms with Crippen LogP contribution in [0.2, 0.25) is 0 Å². The molecule has 39 valence electrons. The predicted octanol–water partition coefficient (Wildman–Crippen LogP) is 1.30. The van der Waals surface area contributed by atoms with Crippen LogP contribution < -0.4 is 0 Å². The van der Waals surface area contributed by atoms with E-state index in [0.717, 1.165) is 0 Å². The Morgan fingerprint density at radius 1 is 0.600 bits per heavy atom. The minimum Gasteiger partial charge on any atom is -0.118 e. The van der Waals surface area contributed by atoms with Crippen molar-refractivity contribution in [2.24, 2.45) is 0 Å². The van der Waals surface area contributed by atoms with Gasteiger partial charge in [0.25, 0.3) is 0 Å². The molecule has 5 heteroatoms. The molecule has 1 radical (unpaired) electrons. The molecule has 0 spiro atoms. The van der Waals surface area contributed by atoms with E-state index in [1.807, 2.05) is 0 Å². The van der Waals surface area contributed by atoms with E-state index in [-0.39, 0.29) is 22.4 Å². The first-order chi connectivity index (χ1) is 2.00. The molecule has 0 aliphatic carbocycles. The molecule has 0 amide bonds. The van der Waals surface area contributed by atoms with Gasteiger partial charge in [-0.15, -0.1) is 35.7 Å². The van der Waals surface area contributed by atoms with Crippen molar-refractivity contribution in [1.29, 1.82) is 0 Å². The summed E-state index contributed by atoms with van der Waals surface area (Å²) in [4.78, 5) is 0. The van der Waals surface area contributed by atoms with Crippen molar-refractivity contribution >= 4 is 35.7 Å². The van der Waals surface area contributed by atoms with Gasteiger partial charge in [0.2, 0.25) is 0 Å². The Morgan fingerprint density at radius 2 is 0.600 bits per heavy atom. The minimum atomic E-state index is 0. The van der Waals surface area contributed by atoms with Crippen LogP contribution in [0.15, 0.2) is 0 Å². The maximum Gasteiger partial charge on any atom is 0 e. The number of rotatable bonds is 0. The third-order valence-electron chi connectivity index (χ3n) is 0. The Balaban J connectivity index is -0.0000000133. The van der Waals surface area contributed by atoms with Crippen LogP contribution in [-0.2, 0) is 22.4 Å². The zero-order valence-electron chi connectivity index (χ0n) is 2.61. The van der Waals surface area contributed by atoms with Gasteiger partial charge < -0.3 is 0 Å². The molecule has 0 N–H and O–H groups in total. The molecule has 0 saturated carbocycles. The summed E-state index contributed by atoms with van der Waals surface area (Å²) in [5, 5.41) is 0. The van der Waals surface area contributed by atoms with Crippen molar-refractivity contribution in [1.82, 2.24) is 0 Å². The summed E-state index contributed by atoms with van der Waals surface area (Å²) in [5.74, 6) is 0. The molecule has 5 heavy (non-hydrogen) atoms. The maximum absolute atomic E-state index is 2.33. The van der Waals surface area contributed by atoms with E-state index in [1.165, 1.54) is 0 Å². The summed E-state index contributed by atoms with van der Waals surface area (Å²) in [6.07, 6.45) is 0. The Morgan fingerprint density at radius 3 is 0.600 bits per heavy atom. The quantitative estimate of drug-likeness (QED) is 0.464. The van der Waals surface area contributed by atoms with Crippen LogP contribution in [-0.4, -0.2) is 0 Å². The molecule has 0 aromatic rings. The number of hydrogen-bond donors (Lipinski definition) is 0. The van der Waals surface area contributed by atoms with Gasteiger partial charge in [-0.2, -0.15) is 0 Å². The second-order valence-corrected chi connectivity index (χ2v) is 0. The van der Waals surface area contributed by atoms with Gasteiger partial charge in [0.15, 0.2) is 0 Å². The van der Waals surface area contributed by atoms with Crippen LogP contribution in [0.3, 0.4) is 0 Å². The predicted molar refractivity (Wildman–Crippen MR) is 38.8 cm³/mol. The molecule has 4 unspecified atom stereocenters. The molecular formula is H8AuP4.